The highest BCUT2D eigenvalue weighted by atomic mass is 16.5. The maximum atomic E-state index is 10.9. The number of carboxylic acids is 1. The van der Waals surface area contributed by atoms with Crippen molar-refractivity contribution in [3.63, 3.8) is 0 Å². The quantitative estimate of drug-likeness (QED) is 0.399. The Bertz CT molecular complexity index is 1150. The van der Waals surface area contributed by atoms with Gasteiger partial charge in [0.05, 0.1) is 17.1 Å². The van der Waals surface area contributed by atoms with Crippen molar-refractivity contribution in [2.24, 2.45) is 11.3 Å². The number of aromatic nitrogens is 2. The Kier molecular flexibility index (Phi) is 6.73. The summed E-state index contributed by atoms with van der Waals surface area (Å²) in [7, 11) is 0. The second-order valence-electron chi connectivity index (χ2n) is 10.5. The number of fused-ring (bicyclic) bond motifs is 1. The fourth-order valence-electron chi connectivity index (χ4n) is 5.28. The number of hydrogen-bond acceptors (Lipinski definition) is 5. The zero-order valence-electron chi connectivity index (χ0n) is 20.7. The number of rotatable bonds is 8. The number of carbonyl (C=O) groups is 1. The predicted molar refractivity (Wildman–Crippen MR) is 134 cm³/mol. The molecule has 0 aliphatic heterocycles. The van der Waals surface area contributed by atoms with Gasteiger partial charge in [-0.2, -0.15) is 0 Å². The van der Waals surface area contributed by atoms with Crippen molar-refractivity contribution in [3.05, 3.63) is 42.5 Å². The Hall–Kier alpha value is -3.22. The van der Waals surface area contributed by atoms with Gasteiger partial charge in [0.25, 0.3) is 0 Å². The van der Waals surface area contributed by atoms with Crippen molar-refractivity contribution in [3.8, 4) is 11.5 Å². The number of nitrogens with one attached hydrogen (secondary N) is 1. The first-order valence-electron chi connectivity index (χ1n) is 12.0. The second-order valence-corrected chi connectivity index (χ2v) is 10.5. The van der Waals surface area contributed by atoms with Gasteiger partial charge in [0.1, 0.15) is 11.5 Å². The molecular weight excluding hydrogens is 430 g/mol. The lowest BCUT2D eigenvalue weighted by Crippen LogP contribution is -2.29. The maximum absolute atomic E-state index is 10.9. The number of anilines is 2. The molecule has 1 aromatic heterocycles. The first kappa shape index (κ1) is 23.9. The van der Waals surface area contributed by atoms with Crippen LogP contribution in [0.1, 0.15) is 59.9 Å². The van der Waals surface area contributed by atoms with Crippen LogP contribution in [0.25, 0.3) is 11.0 Å². The third kappa shape index (κ3) is 5.64. The molecule has 0 unspecified atom stereocenters. The number of benzene rings is 2. The van der Waals surface area contributed by atoms with E-state index in [-0.39, 0.29) is 18.1 Å². The Labute approximate surface area is 201 Å². The van der Waals surface area contributed by atoms with E-state index in [4.69, 9.17) is 19.6 Å². The van der Waals surface area contributed by atoms with Gasteiger partial charge in [0.2, 0.25) is 5.95 Å². The maximum Gasteiger partial charge on any atom is 0.341 e. The van der Waals surface area contributed by atoms with E-state index in [0.717, 1.165) is 41.3 Å². The highest BCUT2D eigenvalue weighted by Crippen LogP contribution is 2.46. The fraction of sp³-hybridized carbons (Fsp3) is 0.481. The number of hydrogen-bond donors (Lipinski definition) is 2. The van der Waals surface area contributed by atoms with Crippen molar-refractivity contribution in [1.29, 1.82) is 0 Å². The van der Waals surface area contributed by atoms with E-state index < -0.39 is 5.97 Å². The molecule has 7 nitrogen and oxygen atoms in total. The number of nitrogens with zero attached hydrogens (tertiary/aromatic N) is 2. The first-order valence-corrected chi connectivity index (χ1v) is 12.0. The zero-order valence-corrected chi connectivity index (χ0v) is 20.7. The Balaban J connectivity index is 1.71. The average molecular weight is 466 g/mol. The van der Waals surface area contributed by atoms with E-state index >= 15 is 0 Å². The third-order valence-electron chi connectivity index (χ3n) is 6.23. The molecular formula is C27H35N3O4. The monoisotopic (exact) mass is 465 g/mol. The van der Waals surface area contributed by atoms with Crippen LogP contribution < -0.4 is 14.8 Å². The van der Waals surface area contributed by atoms with Crippen LogP contribution in [0.5, 0.6) is 11.5 Å². The van der Waals surface area contributed by atoms with E-state index in [1.54, 1.807) is 0 Å². The minimum absolute atomic E-state index is 0.122. The van der Waals surface area contributed by atoms with Crippen molar-refractivity contribution < 1.29 is 19.4 Å². The standard InChI is InChI=1S/C27H35N3O4/c1-17(2)34-21-8-6-19(7-9-21)28-26-29-23-13-22(33-16-25(31)32)10-11-24(23)30(26)20-12-18(3)14-27(4,5)15-20/h6-11,13,17-18,20H,12,14-16H2,1-5H3,(H,28,29)(H,31,32)/t18-,20-/m0/s1. The minimum Gasteiger partial charge on any atom is -0.491 e. The third-order valence-corrected chi connectivity index (χ3v) is 6.23. The first-order chi connectivity index (χ1) is 16.1. The number of aliphatic carboxylic acids is 1. The molecule has 1 heterocycles. The van der Waals surface area contributed by atoms with Crippen LogP contribution in [-0.4, -0.2) is 33.3 Å². The molecule has 0 spiro atoms. The Morgan fingerprint density at radius 3 is 2.53 bits per heavy atom. The molecule has 1 aliphatic carbocycles. The second kappa shape index (κ2) is 9.57. The van der Waals surface area contributed by atoms with E-state index in [2.05, 4.69) is 30.7 Å². The van der Waals surface area contributed by atoms with Crippen molar-refractivity contribution in [1.82, 2.24) is 9.55 Å². The molecule has 1 saturated carbocycles. The van der Waals surface area contributed by atoms with Crippen LogP contribution in [-0.2, 0) is 4.79 Å². The van der Waals surface area contributed by atoms with Crippen LogP contribution in [0, 0.1) is 11.3 Å². The summed E-state index contributed by atoms with van der Waals surface area (Å²) in [5.74, 6) is 1.72. The molecule has 7 heteroatoms. The number of ether oxygens (including phenoxy) is 2. The Morgan fingerprint density at radius 2 is 1.88 bits per heavy atom. The van der Waals surface area contributed by atoms with Crippen LogP contribution in [0.15, 0.2) is 42.5 Å². The summed E-state index contributed by atoms with van der Waals surface area (Å²) in [6.45, 7) is 10.6. The minimum atomic E-state index is -1.00. The van der Waals surface area contributed by atoms with Crippen LogP contribution in [0.4, 0.5) is 11.6 Å². The van der Waals surface area contributed by atoms with E-state index in [0.29, 0.717) is 17.7 Å². The molecule has 3 aromatic rings. The lowest BCUT2D eigenvalue weighted by atomic mass is 9.70. The SMILES string of the molecule is CC(C)Oc1ccc(Nc2nc3cc(OCC(=O)O)ccc3n2[C@H]2C[C@H](C)CC(C)(C)C2)cc1. The summed E-state index contributed by atoms with van der Waals surface area (Å²) in [6.07, 6.45) is 3.48. The van der Waals surface area contributed by atoms with Gasteiger partial charge in [-0.25, -0.2) is 9.78 Å². The number of imidazole rings is 1. The fourth-order valence-corrected chi connectivity index (χ4v) is 5.28. The summed E-state index contributed by atoms with van der Waals surface area (Å²) in [5.41, 5.74) is 2.97. The average Bonchev–Trinajstić information content (AvgIpc) is 3.09. The summed E-state index contributed by atoms with van der Waals surface area (Å²) in [5, 5.41) is 12.5. The lowest BCUT2D eigenvalue weighted by molar-refractivity contribution is -0.139. The normalized spacial score (nSPS) is 19.8. The van der Waals surface area contributed by atoms with Gasteiger partial charge in [-0.3, -0.25) is 0 Å². The predicted octanol–water partition coefficient (Wildman–Crippen LogP) is 6.42. The molecule has 1 aliphatic rings. The van der Waals surface area contributed by atoms with Gasteiger partial charge in [0, 0.05) is 17.8 Å². The smallest absolute Gasteiger partial charge is 0.341 e. The zero-order chi connectivity index (χ0) is 24.5. The summed E-state index contributed by atoms with van der Waals surface area (Å²) < 4.78 is 13.5. The van der Waals surface area contributed by atoms with E-state index in [1.807, 2.05) is 56.3 Å². The molecule has 4 rings (SSSR count). The van der Waals surface area contributed by atoms with Crippen LogP contribution in [0.2, 0.25) is 0 Å². The van der Waals surface area contributed by atoms with Gasteiger partial charge in [-0.05, 0) is 80.8 Å². The lowest BCUT2D eigenvalue weighted by Gasteiger charge is -2.40. The topological polar surface area (TPSA) is 85.6 Å². The van der Waals surface area contributed by atoms with Gasteiger partial charge in [-0.15, -0.1) is 0 Å². The molecule has 1 fully saturated rings. The van der Waals surface area contributed by atoms with Gasteiger partial charge in [0.15, 0.2) is 6.61 Å². The van der Waals surface area contributed by atoms with Gasteiger partial charge >= 0.3 is 5.97 Å². The molecule has 0 radical (unpaired) electrons. The van der Waals surface area contributed by atoms with Crippen LogP contribution >= 0.6 is 0 Å². The highest BCUT2D eigenvalue weighted by molar-refractivity contribution is 5.81. The van der Waals surface area contributed by atoms with Gasteiger partial charge in [-0.1, -0.05) is 20.8 Å². The largest absolute Gasteiger partial charge is 0.491 e. The van der Waals surface area contributed by atoms with E-state index in [9.17, 15) is 4.79 Å². The van der Waals surface area contributed by atoms with Crippen molar-refractivity contribution in [2.75, 3.05) is 11.9 Å². The Morgan fingerprint density at radius 1 is 1.18 bits per heavy atom. The molecule has 0 amide bonds. The van der Waals surface area contributed by atoms with Gasteiger partial charge < -0.3 is 24.5 Å². The molecule has 2 aromatic carbocycles. The number of carboxylic acid groups (broad SMARTS) is 1. The van der Waals surface area contributed by atoms with Crippen molar-refractivity contribution >= 4 is 28.6 Å². The molecule has 34 heavy (non-hydrogen) atoms. The van der Waals surface area contributed by atoms with Crippen LogP contribution in [0.3, 0.4) is 0 Å². The molecule has 182 valence electrons. The molecule has 2 atom stereocenters. The molecule has 0 saturated heterocycles. The van der Waals surface area contributed by atoms with Crippen molar-refractivity contribution in [2.45, 2.75) is 66.0 Å². The molecule has 2 N–H and O–H groups in total. The molecule has 0 bridgehead atoms. The summed E-state index contributed by atoms with van der Waals surface area (Å²) in [6, 6.07) is 13.8. The summed E-state index contributed by atoms with van der Waals surface area (Å²) in [4.78, 5) is 15.8. The highest BCUT2D eigenvalue weighted by Gasteiger charge is 2.34. The summed E-state index contributed by atoms with van der Waals surface area (Å²) >= 11 is 0. The van der Waals surface area contributed by atoms with E-state index in [1.165, 1.54) is 6.42 Å².